The highest BCUT2D eigenvalue weighted by Gasteiger charge is 2.27. The fourth-order valence-electron chi connectivity index (χ4n) is 1.03. The van der Waals surface area contributed by atoms with Crippen LogP contribution in [0.3, 0.4) is 0 Å². The normalized spacial score (nSPS) is 14.4. The highest BCUT2D eigenvalue weighted by atomic mass is 16.7. The van der Waals surface area contributed by atoms with E-state index in [4.69, 9.17) is 9.57 Å². The Morgan fingerprint density at radius 2 is 1.65 bits per heavy atom. The molecule has 0 saturated heterocycles. The Kier molecular flexibility index (Phi) is 5.42. The van der Waals surface area contributed by atoms with E-state index < -0.39 is 23.4 Å². The number of ether oxygens (including phenoxy) is 1. The average molecular weight is 247 g/mol. The monoisotopic (exact) mass is 247 g/mol. The third kappa shape index (κ3) is 8.94. The Labute approximate surface area is 104 Å². The van der Waals surface area contributed by atoms with Gasteiger partial charge < -0.3 is 9.84 Å². The van der Waals surface area contributed by atoms with E-state index in [1.165, 1.54) is 0 Å². The van der Waals surface area contributed by atoms with Gasteiger partial charge in [-0.25, -0.2) is 4.79 Å². The maximum Gasteiger partial charge on any atom is 0.434 e. The molecule has 0 aliphatic heterocycles. The molecule has 1 atom stereocenters. The van der Waals surface area contributed by atoms with Crippen LogP contribution in [0.4, 0.5) is 4.79 Å². The number of hydrogen-bond acceptors (Lipinski definition) is 4. The molecule has 1 amide bonds. The van der Waals surface area contributed by atoms with Crippen molar-refractivity contribution in [3.8, 4) is 0 Å². The number of aliphatic hydroxyl groups is 1. The summed E-state index contributed by atoms with van der Waals surface area (Å²) in [6.07, 6.45) is -1.27. The molecule has 0 bridgehead atoms. The third-order valence-electron chi connectivity index (χ3n) is 1.41. The molecule has 1 N–H and O–H groups in total. The van der Waals surface area contributed by atoms with Crippen LogP contribution in [0.15, 0.2) is 0 Å². The largest absolute Gasteiger partial charge is 0.442 e. The fourth-order valence-corrected chi connectivity index (χ4v) is 1.03. The number of hydrogen-bond donors (Lipinski definition) is 1. The first-order valence-electron chi connectivity index (χ1n) is 5.78. The Bertz CT molecular complexity index is 250. The molecule has 0 aromatic heterocycles. The topological polar surface area (TPSA) is 59.0 Å². The fraction of sp³-hybridized carbons (Fsp3) is 0.917. The lowest BCUT2D eigenvalue weighted by molar-refractivity contribution is -0.218. The van der Waals surface area contributed by atoms with E-state index in [-0.39, 0.29) is 6.54 Å². The zero-order valence-corrected chi connectivity index (χ0v) is 11.9. The minimum atomic E-state index is -0.676. The third-order valence-corrected chi connectivity index (χ3v) is 1.41. The van der Waals surface area contributed by atoms with Gasteiger partial charge in [0.05, 0.1) is 18.2 Å². The van der Waals surface area contributed by atoms with Crippen LogP contribution in [0.5, 0.6) is 0 Å². The van der Waals surface area contributed by atoms with Gasteiger partial charge in [-0.15, -0.1) is 0 Å². The van der Waals surface area contributed by atoms with E-state index in [1.807, 2.05) is 20.8 Å². The number of rotatable bonds is 3. The maximum absolute atomic E-state index is 11.8. The number of carbonyl (C=O) groups excluding carboxylic acids is 1. The second kappa shape index (κ2) is 5.69. The maximum atomic E-state index is 11.8. The lowest BCUT2D eigenvalue weighted by Gasteiger charge is -2.32. The first kappa shape index (κ1) is 16.2. The van der Waals surface area contributed by atoms with Gasteiger partial charge in [-0.2, -0.15) is 5.06 Å². The minimum Gasteiger partial charge on any atom is -0.442 e. The van der Waals surface area contributed by atoms with E-state index in [0.29, 0.717) is 0 Å². The molecule has 0 aliphatic carbocycles. The average Bonchev–Trinajstić information content (AvgIpc) is 1.95. The Hall–Kier alpha value is -0.810. The van der Waals surface area contributed by atoms with Crippen LogP contribution in [-0.4, -0.2) is 40.1 Å². The highest BCUT2D eigenvalue weighted by Crippen LogP contribution is 2.15. The van der Waals surface area contributed by atoms with Gasteiger partial charge in [0.15, 0.2) is 0 Å². The standard InChI is InChI=1S/C12H25NO4/c1-9(14)8-13(17-12(5,6)7)10(15)16-11(2,3)4/h9,14H,8H2,1-7H3. The van der Waals surface area contributed by atoms with Gasteiger partial charge in [-0.05, 0) is 48.5 Å². The summed E-state index contributed by atoms with van der Waals surface area (Å²) in [5.41, 5.74) is -1.11. The molecule has 0 aliphatic rings. The van der Waals surface area contributed by atoms with Gasteiger partial charge in [0, 0.05) is 0 Å². The summed E-state index contributed by atoms with van der Waals surface area (Å²) in [4.78, 5) is 17.3. The smallest absolute Gasteiger partial charge is 0.434 e. The predicted octanol–water partition coefficient (Wildman–Crippen LogP) is 2.33. The molecular weight excluding hydrogens is 222 g/mol. The van der Waals surface area contributed by atoms with Crippen molar-refractivity contribution in [3.63, 3.8) is 0 Å². The molecule has 1 unspecified atom stereocenters. The van der Waals surface area contributed by atoms with Gasteiger partial charge in [0.25, 0.3) is 0 Å². The van der Waals surface area contributed by atoms with Crippen molar-refractivity contribution in [3.05, 3.63) is 0 Å². The molecule has 0 heterocycles. The van der Waals surface area contributed by atoms with Crippen LogP contribution >= 0.6 is 0 Å². The second-order valence-corrected chi connectivity index (χ2v) is 6.09. The molecule has 17 heavy (non-hydrogen) atoms. The molecule has 0 aromatic rings. The molecule has 5 nitrogen and oxygen atoms in total. The molecule has 0 aromatic carbocycles. The number of carbonyl (C=O) groups is 1. The van der Waals surface area contributed by atoms with Gasteiger partial charge in [0.1, 0.15) is 5.60 Å². The first-order chi connectivity index (χ1) is 7.41. The number of hydroxylamine groups is 2. The highest BCUT2D eigenvalue weighted by molar-refractivity contribution is 5.66. The van der Waals surface area contributed by atoms with E-state index in [0.717, 1.165) is 5.06 Å². The zero-order valence-electron chi connectivity index (χ0n) is 11.9. The Morgan fingerprint density at radius 1 is 1.18 bits per heavy atom. The molecule has 0 fully saturated rings. The van der Waals surface area contributed by atoms with Crippen LogP contribution in [0.25, 0.3) is 0 Å². The quantitative estimate of drug-likeness (QED) is 0.778. The van der Waals surface area contributed by atoms with E-state index in [2.05, 4.69) is 0 Å². The molecule has 0 saturated carbocycles. The number of amides is 1. The van der Waals surface area contributed by atoms with Gasteiger partial charge >= 0.3 is 6.09 Å². The number of aliphatic hydroxyl groups excluding tert-OH is 1. The SMILES string of the molecule is CC(O)CN(OC(C)(C)C)C(=O)OC(C)(C)C. The van der Waals surface area contributed by atoms with Crippen LogP contribution in [0, 0.1) is 0 Å². The zero-order chi connectivity index (χ0) is 13.9. The van der Waals surface area contributed by atoms with Crippen molar-refractivity contribution in [2.24, 2.45) is 0 Å². The summed E-state index contributed by atoms with van der Waals surface area (Å²) >= 11 is 0. The Morgan fingerprint density at radius 3 is 1.94 bits per heavy atom. The molecular formula is C12H25NO4. The van der Waals surface area contributed by atoms with E-state index in [1.54, 1.807) is 27.7 Å². The van der Waals surface area contributed by atoms with Crippen LogP contribution in [0.1, 0.15) is 48.5 Å². The molecule has 102 valence electrons. The predicted molar refractivity (Wildman–Crippen MR) is 65.5 cm³/mol. The summed E-state index contributed by atoms with van der Waals surface area (Å²) in [6, 6.07) is 0. The van der Waals surface area contributed by atoms with Crippen LogP contribution in [0.2, 0.25) is 0 Å². The molecule has 0 spiro atoms. The summed E-state index contributed by atoms with van der Waals surface area (Å²) in [6.45, 7) is 12.5. The summed E-state index contributed by atoms with van der Waals surface area (Å²) in [5, 5.41) is 10.4. The molecule has 0 rings (SSSR count). The summed E-state index contributed by atoms with van der Waals surface area (Å²) in [5.74, 6) is 0. The lowest BCUT2D eigenvalue weighted by Crippen LogP contribution is -2.44. The minimum absolute atomic E-state index is 0.0756. The number of nitrogens with zero attached hydrogens (tertiary/aromatic N) is 1. The van der Waals surface area contributed by atoms with Crippen molar-refractivity contribution >= 4 is 6.09 Å². The summed E-state index contributed by atoms with van der Waals surface area (Å²) in [7, 11) is 0. The van der Waals surface area contributed by atoms with Crippen molar-refractivity contribution in [2.45, 2.75) is 65.8 Å². The molecule has 0 radical (unpaired) electrons. The van der Waals surface area contributed by atoms with Crippen LogP contribution < -0.4 is 0 Å². The van der Waals surface area contributed by atoms with Crippen molar-refractivity contribution in [2.75, 3.05) is 6.54 Å². The summed E-state index contributed by atoms with van der Waals surface area (Å²) < 4.78 is 5.20. The van der Waals surface area contributed by atoms with E-state index in [9.17, 15) is 9.90 Å². The molecule has 5 heteroatoms. The van der Waals surface area contributed by atoms with Crippen LogP contribution in [-0.2, 0) is 9.57 Å². The van der Waals surface area contributed by atoms with Crippen molar-refractivity contribution in [1.29, 1.82) is 0 Å². The first-order valence-corrected chi connectivity index (χ1v) is 5.78. The second-order valence-electron chi connectivity index (χ2n) is 6.09. The van der Waals surface area contributed by atoms with Gasteiger partial charge in [-0.1, -0.05) is 0 Å². The van der Waals surface area contributed by atoms with Gasteiger partial charge in [0.2, 0.25) is 0 Å². The van der Waals surface area contributed by atoms with Crippen molar-refractivity contribution < 1.29 is 19.5 Å². The lowest BCUT2D eigenvalue weighted by atomic mass is 10.2. The van der Waals surface area contributed by atoms with Gasteiger partial charge in [-0.3, -0.25) is 4.84 Å². The van der Waals surface area contributed by atoms with Crippen molar-refractivity contribution in [1.82, 2.24) is 5.06 Å². The Balaban J connectivity index is 4.63. The van der Waals surface area contributed by atoms with E-state index >= 15 is 0 Å².